The van der Waals surface area contributed by atoms with Crippen LogP contribution in [0.3, 0.4) is 0 Å². The molecule has 0 aliphatic carbocycles. The van der Waals surface area contributed by atoms with Crippen molar-refractivity contribution in [2.45, 2.75) is 44.4 Å². The van der Waals surface area contributed by atoms with Crippen molar-refractivity contribution in [2.24, 2.45) is 0 Å². The molecule has 2 aromatic heterocycles. The number of benzene rings is 2. The van der Waals surface area contributed by atoms with Crippen LogP contribution in [0.25, 0.3) is 22.2 Å². The first-order chi connectivity index (χ1) is 14.9. The van der Waals surface area contributed by atoms with Gasteiger partial charge in [0.25, 0.3) is 0 Å². The van der Waals surface area contributed by atoms with Gasteiger partial charge in [-0.3, -0.25) is 4.79 Å². The summed E-state index contributed by atoms with van der Waals surface area (Å²) in [7, 11) is 0. The number of pyridine rings is 1. The normalized spacial score (nSPS) is 12.1. The number of rotatable bonds is 6. The van der Waals surface area contributed by atoms with Crippen molar-refractivity contribution in [1.29, 1.82) is 0 Å². The van der Waals surface area contributed by atoms with Crippen LogP contribution < -0.4 is 5.32 Å². The highest BCUT2D eigenvalue weighted by atomic mass is 32.2. The second kappa shape index (κ2) is 9.20. The number of aryl methyl sites for hydroxylation is 3. The minimum Gasteiger partial charge on any atom is -0.301 e. The average Bonchev–Trinajstić information content (AvgIpc) is 3.21. The molecular weight excluding hydrogens is 422 g/mol. The maximum absolute atomic E-state index is 13.0. The fourth-order valence-corrected chi connectivity index (χ4v) is 5.17. The molecule has 4 nitrogen and oxygen atoms in total. The Labute approximate surface area is 191 Å². The number of thioether (sulfide) groups is 1. The second-order valence-corrected chi connectivity index (χ2v) is 9.74. The molecule has 0 radical (unpaired) electrons. The number of fused-ring (bicyclic) bond motifs is 1. The SMILES string of the molecule is CCC(Sc1cc(C)c2cccc(C)c2n1)C(=O)Nc1nc(-c2ccc(C)cc2)cs1. The van der Waals surface area contributed by atoms with Crippen LogP contribution >= 0.6 is 23.1 Å². The molecule has 2 aromatic carbocycles. The number of hydrogen-bond donors (Lipinski definition) is 1. The molecular formula is C25H25N3OS2. The van der Waals surface area contributed by atoms with Crippen LogP contribution in [0, 0.1) is 20.8 Å². The van der Waals surface area contributed by atoms with E-state index in [1.807, 2.05) is 12.3 Å². The third-order valence-electron chi connectivity index (χ3n) is 5.23. The van der Waals surface area contributed by atoms with Gasteiger partial charge in [-0.05, 0) is 44.4 Å². The molecule has 6 heteroatoms. The molecule has 0 bridgehead atoms. The largest absolute Gasteiger partial charge is 0.301 e. The molecule has 158 valence electrons. The Morgan fingerprint density at radius 3 is 2.58 bits per heavy atom. The standard InChI is InChI=1S/C25H25N3OS2/c1-5-21(31-22-13-17(4)19-8-6-7-16(3)23(19)27-22)24(29)28-25-26-20(14-30-25)18-11-9-15(2)10-12-18/h6-14,21H,5H2,1-4H3,(H,26,28,29). The molecule has 0 saturated heterocycles. The summed E-state index contributed by atoms with van der Waals surface area (Å²) >= 11 is 2.96. The quantitative estimate of drug-likeness (QED) is 0.331. The summed E-state index contributed by atoms with van der Waals surface area (Å²) in [4.78, 5) is 22.4. The van der Waals surface area contributed by atoms with E-state index in [1.165, 1.54) is 34.2 Å². The van der Waals surface area contributed by atoms with Gasteiger partial charge in [0.15, 0.2) is 5.13 Å². The zero-order valence-electron chi connectivity index (χ0n) is 18.1. The topological polar surface area (TPSA) is 54.9 Å². The van der Waals surface area contributed by atoms with Crippen molar-refractivity contribution in [3.63, 3.8) is 0 Å². The minimum absolute atomic E-state index is 0.0401. The number of nitrogens with zero attached hydrogens (tertiary/aromatic N) is 2. The van der Waals surface area contributed by atoms with Gasteiger partial charge in [0, 0.05) is 16.3 Å². The lowest BCUT2D eigenvalue weighted by molar-refractivity contribution is -0.115. The van der Waals surface area contributed by atoms with Gasteiger partial charge in [0.1, 0.15) is 0 Å². The summed E-state index contributed by atoms with van der Waals surface area (Å²) in [5, 5.41) is 7.40. The number of carbonyl (C=O) groups is 1. The van der Waals surface area contributed by atoms with Crippen molar-refractivity contribution < 1.29 is 4.79 Å². The van der Waals surface area contributed by atoms with Crippen LogP contribution in [0.1, 0.15) is 30.0 Å². The summed E-state index contributed by atoms with van der Waals surface area (Å²) in [5.41, 5.74) is 6.46. The van der Waals surface area contributed by atoms with Crippen LogP contribution in [0.4, 0.5) is 5.13 Å². The molecule has 0 fully saturated rings. The van der Waals surface area contributed by atoms with Crippen LogP contribution in [0.15, 0.2) is 58.9 Å². The van der Waals surface area contributed by atoms with Gasteiger partial charge < -0.3 is 5.32 Å². The fraction of sp³-hybridized carbons (Fsp3) is 0.240. The third-order valence-corrected chi connectivity index (χ3v) is 7.27. The first-order valence-electron chi connectivity index (χ1n) is 10.3. The molecule has 2 heterocycles. The summed E-state index contributed by atoms with van der Waals surface area (Å²) in [5.74, 6) is -0.0401. The zero-order valence-corrected chi connectivity index (χ0v) is 19.7. The molecule has 1 unspecified atom stereocenters. The van der Waals surface area contributed by atoms with Gasteiger partial charge in [0.05, 0.1) is 21.5 Å². The lowest BCUT2D eigenvalue weighted by atomic mass is 10.1. The zero-order chi connectivity index (χ0) is 22.0. The van der Waals surface area contributed by atoms with Crippen LogP contribution in [-0.4, -0.2) is 21.1 Å². The number of hydrogen-bond acceptors (Lipinski definition) is 5. The minimum atomic E-state index is -0.236. The van der Waals surface area contributed by atoms with Crippen molar-refractivity contribution in [3.8, 4) is 11.3 Å². The highest BCUT2D eigenvalue weighted by molar-refractivity contribution is 8.00. The van der Waals surface area contributed by atoms with E-state index in [1.54, 1.807) is 0 Å². The highest BCUT2D eigenvalue weighted by Crippen LogP contribution is 2.31. The third kappa shape index (κ3) is 4.81. The molecule has 0 saturated carbocycles. The summed E-state index contributed by atoms with van der Waals surface area (Å²) < 4.78 is 0. The van der Waals surface area contributed by atoms with Crippen molar-refractivity contribution in [3.05, 3.63) is 70.6 Å². The molecule has 1 atom stereocenters. The summed E-state index contributed by atoms with van der Waals surface area (Å²) in [6.07, 6.45) is 0.708. The first-order valence-corrected chi connectivity index (χ1v) is 12.1. The Bertz CT molecular complexity index is 1230. The molecule has 0 aliphatic heterocycles. The van der Waals surface area contributed by atoms with E-state index < -0.39 is 0 Å². The molecule has 4 aromatic rings. The van der Waals surface area contributed by atoms with Crippen LogP contribution in [0.5, 0.6) is 0 Å². The van der Waals surface area contributed by atoms with Gasteiger partial charge in [-0.1, -0.05) is 66.7 Å². The van der Waals surface area contributed by atoms with E-state index >= 15 is 0 Å². The Kier molecular flexibility index (Phi) is 6.39. The number of amides is 1. The number of carbonyl (C=O) groups excluding carboxylic acids is 1. The second-order valence-electron chi connectivity index (χ2n) is 7.66. The maximum atomic E-state index is 13.0. The van der Waals surface area contributed by atoms with E-state index in [9.17, 15) is 4.79 Å². The van der Waals surface area contributed by atoms with Crippen molar-refractivity contribution in [1.82, 2.24) is 9.97 Å². The van der Waals surface area contributed by atoms with Crippen molar-refractivity contribution in [2.75, 3.05) is 5.32 Å². The predicted molar refractivity (Wildman–Crippen MR) is 132 cm³/mol. The van der Waals surface area contributed by atoms with E-state index in [0.29, 0.717) is 11.6 Å². The van der Waals surface area contributed by atoms with E-state index in [2.05, 4.69) is 79.6 Å². The van der Waals surface area contributed by atoms with E-state index in [-0.39, 0.29) is 11.2 Å². The number of para-hydroxylation sites is 1. The Hall–Kier alpha value is -2.70. The fourth-order valence-electron chi connectivity index (χ4n) is 3.43. The Morgan fingerprint density at radius 2 is 1.84 bits per heavy atom. The summed E-state index contributed by atoms with van der Waals surface area (Å²) in [6.45, 7) is 8.25. The Morgan fingerprint density at radius 1 is 1.06 bits per heavy atom. The predicted octanol–water partition coefficient (Wildman–Crippen LogP) is 6.79. The number of thiazole rings is 1. The molecule has 0 spiro atoms. The molecule has 4 rings (SSSR count). The van der Waals surface area contributed by atoms with E-state index in [0.717, 1.165) is 32.7 Å². The number of aromatic nitrogens is 2. The average molecular weight is 448 g/mol. The van der Waals surface area contributed by atoms with Gasteiger partial charge in [-0.25, -0.2) is 9.97 Å². The van der Waals surface area contributed by atoms with Crippen LogP contribution in [0.2, 0.25) is 0 Å². The van der Waals surface area contributed by atoms with Gasteiger partial charge in [-0.15, -0.1) is 11.3 Å². The molecule has 0 aliphatic rings. The number of nitrogens with one attached hydrogen (secondary N) is 1. The van der Waals surface area contributed by atoms with Gasteiger partial charge >= 0.3 is 0 Å². The van der Waals surface area contributed by atoms with Crippen LogP contribution in [-0.2, 0) is 4.79 Å². The number of anilines is 1. The van der Waals surface area contributed by atoms with Gasteiger partial charge in [-0.2, -0.15) is 0 Å². The monoisotopic (exact) mass is 447 g/mol. The highest BCUT2D eigenvalue weighted by Gasteiger charge is 2.21. The smallest absolute Gasteiger partial charge is 0.239 e. The lowest BCUT2D eigenvalue weighted by Crippen LogP contribution is -2.24. The van der Waals surface area contributed by atoms with E-state index in [4.69, 9.17) is 4.98 Å². The Balaban J connectivity index is 1.50. The molecule has 1 N–H and O–H groups in total. The van der Waals surface area contributed by atoms with Gasteiger partial charge in [0.2, 0.25) is 5.91 Å². The molecule has 1 amide bonds. The van der Waals surface area contributed by atoms with Crippen molar-refractivity contribution >= 4 is 45.0 Å². The lowest BCUT2D eigenvalue weighted by Gasteiger charge is -2.14. The molecule has 31 heavy (non-hydrogen) atoms. The summed E-state index contributed by atoms with van der Waals surface area (Å²) in [6, 6.07) is 16.5. The first kappa shape index (κ1) is 21.5. The maximum Gasteiger partial charge on any atom is 0.239 e.